The summed E-state index contributed by atoms with van der Waals surface area (Å²) in [6, 6.07) is 13.0. The standard InChI is InChI=1S/C19H17F3N2O/c1-12-8-13(2)17-15(9-12)16(23-11-19(20,21)22)18(25)24(17)10-14-6-4-3-5-7-14/h3-9H,10-11H2,1-2H3. The normalized spacial score (nSPS) is 15.8. The molecule has 1 aliphatic heterocycles. The lowest BCUT2D eigenvalue weighted by Gasteiger charge is -2.19. The molecule has 0 aliphatic carbocycles. The van der Waals surface area contributed by atoms with Crippen molar-refractivity contribution in [2.75, 3.05) is 11.4 Å². The first-order chi connectivity index (χ1) is 11.8. The maximum absolute atomic E-state index is 12.8. The van der Waals surface area contributed by atoms with E-state index in [9.17, 15) is 18.0 Å². The molecular weight excluding hydrogens is 329 g/mol. The highest BCUT2D eigenvalue weighted by Gasteiger charge is 2.37. The molecule has 1 heterocycles. The minimum Gasteiger partial charge on any atom is -0.302 e. The molecule has 130 valence electrons. The number of hydrogen-bond acceptors (Lipinski definition) is 2. The van der Waals surface area contributed by atoms with Crippen molar-refractivity contribution in [1.82, 2.24) is 0 Å². The highest BCUT2D eigenvalue weighted by Crippen LogP contribution is 2.35. The molecule has 1 aliphatic rings. The molecule has 3 rings (SSSR count). The van der Waals surface area contributed by atoms with E-state index in [0.29, 0.717) is 17.8 Å². The molecule has 2 aromatic rings. The Balaban J connectivity index is 2.06. The molecule has 3 nitrogen and oxygen atoms in total. The zero-order valence-electron chi connectivity index (χ0n) is 13.9. The van der Waals surface area contributed by atoms with Crippen LogP contribution in [0.15, 0.2) is 47.5 Å². The third-order valence-corrected chi connectivity index (χ3v) is 4.02. The van der Waals surface area contributed by atoms with Crippen LogP contribution in [0.2, 0.25) is 0 Å². The largest absolute Gasteiger partial charge is 0.407 e. The van der Waals surface area contributed by atoms with Crippen LogP contribution in [-0.2, 0) is 11.3 Å². The van der Waals surface area contributed by atoms with E-state index in [-0.39, 0.29) is 5.71 Å². The number of aliphatic imine (C=N–C) groups is 1. The number of halogens is 3. The smallest absolute Gasteiger partial charge is 0.302 e. The van der Waals surface area contributed by atoms with Crippen LogP contribution in [0.4, 0.5) is 18.9 Å². The minimum absolute atomic E-state index is 0.116. The Bertz CT molecular complexity index is 842. The molecule has 0 N–H and O–H groups in total. The summed E-state index contributed by atoms with van der Waals surface area (Å²) in [7, 11) is 0. The molecule has 0 aromatic heterocycles. The van der Waals surface area contributed by atoms with Crippen LogP contribution in [0.3, 0.4) is 0 Å². The van der Waals surface area contributed by atoms with Gasteiger partial charge < -0.3 is 4.90 Å². The molecule has 25 heavy (non-hydrogen) atoms. The van der Waals surface area contributed by atoms with Crippen molar-refractivity contribution < 1.29 is 18.0 Å². The van der Waals surface area contributed by atoms with E-state index < -0.39 is 18.6 Å². The minimum atomic E-state index is -4.45. The number of hydrogen-bond donors (Lipinski definition) is 0. The topological polar surface area (TPSA) is 32.7 Å². The maximum Gasteiger partial charge on any atom is 0.407 e. The Morgan fingerprint density at radius 3 is 2.40 bits per heavy atom. The van der Waals surface area contributed by atoms with E-state index in [1.807, 2.05) is 50.2 Å². The summed E-state index contributed by atoms with van der Waals surface area (Å²) in [5, 5.41) is 0. The molecule has 0 spiro atoms. The lowest BCUT2D eigenvalue weighted by atomic mass is 10.0. The second kappa shape index (κ2) is 6.35. The number of aryl methyl sites for hydroxylation is 2. The van der Waals surface area contributed by atoms with Crippen molar-refractivity contribution in [3.05, 3.63) is 64.7 Å². The van der Waals surface area contributed by atoms with Crippen molar-refractivity contribution in [1.29, 1.82) is 0 Å². The van der Waals surface area contributed by atoms with E-state index >= 15 is 0 Å². The van der Waals surface area contributed by atoms with Crippen LogP contribution >= 0.6 is 0 Å². The number of anilines is 1. The van der Waals surface area contributed by atoms with Gasteiger partial charge in [-0.05, 0) is 31.0 Å². The average molecular weight is 346 g/mol. The van der Waals surface area contributed by atoms with Gasteiger partial charge in [-0.1, -0.05) is 42.0 Å². The molecule has 0 saturated carbocycles. The fourth-order valence-electron chi connectivity index (χ4n) is 3.08. The van der Waals surface area contributed by atoms with E-state index in [4.69, 9.17) is 0 Å². The molecule has 0 radical (unpaired) electrons. The number of fused-ring (bicyclic) bond motifs is 1. The number of alkyl halides is 3. The van der Waals surface area contributed by atoms with E-state index in [1.165, 1.54) is 4.90 Å². The second-order valence-electron chi connectivity index (χ2n) is 6.13. The highest BCUT2D eigenvalue weighted by atomic mass is 19.4. The number of amides is 1. The van der Waals surface area contributed by atoms with Crippen molar-refractivity contribution in [2.45, 2.75) is 26.6 Å². The Morgan fingerprint density at radius 2 is 1.76 bits per heavy atom. The fraction of sp³-hybridized carbons (Fsp3) is 0.263. The summed E-state index contributed by atoms with van der Waals surface area (Å²) >= 11 is 0. The maximum atomic E-state index is 12.8. The van der Waals surface area contributed by atoms with E-state index in [1.54, 1.807) is 6.07 Å². The van der Waals surface area contributed by atoms with Crippen molar-refractivity contribution in [3.63, 3.8) is 0 Å². The van der Waals surface area contributed by atoms with Gasteiger partial charge in [0.15, 0.2) is 0 Å². The molecule has 0 atom stereocenters. The van der Waals surface area contributed by atoms with Crippen molar-refractivity contribution in [3.8, 4) is 0 Å². The van der Waals surface area contributed by atoms with Gasteiger partial charge in [-0.15, -0.1) is 0 Å². The second-order valence-corrected chi connectivity index (χ2v) is 6.13. The van der Waals surface area contributed by atoms with Crippen LogP contribution in [0, 0.1) is 13.8 Å². The van der Waals surface area contributed by atoms with Gasteiger partial charge in [0.25, 0.3) is 5.91 Å². The molecular formula is C19H17F3N2O. The summed E-state index contributed by atoms with van der Waals surface area (Å²) in [5.74, 6) is -0.489. The third-order valence-electron chi connectivity index (χ3n) is 4.02. The molecule has 0 fully saturated rings. The van der Waals surface area contributed by atoms with Gasteiger partial charge in [0.05, 0.1) is 12.2 Å². The van der Waals surface area contributed by atoms with Gasteiger partial charge in [-0.3, -0.25) is 9.79 Å². The molecule has 6 heteroatoms. The first kappa shape index (κ1) is 17.2. The Hall–Kier alpha value is -2.63. The number of rotatable bonds is 3. The van der Waals surface area contributed by atoms with E-state index in [2.05, 4.69) is 4.99 Å². The first-order valence-electron chi connectivity index (χ1n) is 7.85. The van der Waals surface area contributed by atoms with Crippen molar-refractivity contribution in [2.24, 2.45) is 4.99 Å². The van der Waals surface area contributed by atoms with Gasteiger partial charge >= 0.3 is 6.18 Å². The van der Waals surface area contributed by atoms with Crippen LogP contribution in [0.25, 0.3) is 0 Å². The Morgan fingerprint density at radius 1 is 1.08 bits per heavy atom. The summed E-state index contributed by atoms with van der Waals surface area (Å²) in [6.45, 7) is 2.63. The Labute approximate surface area is 143 Å². The molecule has 0 unspecified atom stereocenters. The average Bonchev–Trinajstić information content (AvgIpc) is 2.78. The molecule has 2 aromatic carbocycles. The number of nitrogens with zero attached hydrogens (tertiary/aromatic N) is 2. The SMILES string of the molecule is Cc1cc(C)c2c(c1)C(=NCC(F)(F)F)C(=O)N2Cc1ccccc1. The summed E-state index contributed by atoms with van der Waals surface area (Å²) in [6.07, 6.45) is -4.45. The fourth-order valence-corrected chi connectivity index (χ4v) is 3.08. The van der Waals surface area contributed by atoms with Crippen LogP contribution in [0.5, 0.6) is 0 Å². The Kier molecular flexibility index (Phi) is 4.37. The summed E-state index contributed by atoms with van der Waals surface area (Å²) < 4.78 is 37.7. The number of benzene rings is 2. The predicted octanol–water partition coefficient (Wildman–Crippen LogP) is 4.20. The lowest BCUT2D eigenvalue weighted by molar-refractivity contribution is -0.118. The summed E-state index contributed by atoms with van der Waals surface area (Å²) in [4.78, 5) is 17.9. The first-order valence-corrected chi connectivity index (χ1v) is 7.85. The van der Waals surface area contributed by atoms with Crippen molar-refractivity contribution >= 4 is 17.3 Å². The van der Waals surface area contributed by atoms with Gasteiger partial charge in [0.1, 0.15) is 12.3 Å². The molecule has 0 bridgehead atoms. The molecule has 1 amide bonds. The van der Waals surface area contributed by atoms with Gasteiger partial charge in [0, 0.05) is 5.56 Å². The highest BCUT2D eigenvalue weighted by molar-refractivity contribution is 6.54. The van der Waals surface area contributed by atoms with Gasteiger partial charge in [-0.2, -0.15) is 13.2 Å². The van der Waals surface area contributed by atoms with Crippen LogP contribution in [-0.4, -0.2) is 24.3 Å². The zero-order valence-corrected chi connectivity index (χ0v) is 13.9. The van der Waals surface area contributed by atoms with E-state index in [0.717, 1.165) is 16.7 Å². The zero-order chi connectivity index (χ0) is 18.2. The number of carbonyl (C=O) groups is 1. The van der Waals surface area contributed by atoms with Crippen LogP contribution < -0.4 is 4.90 Å². The van der Waals surface area contributed by atoms with Gasteiger partial charge in [-0.25, -0.2) is 0 Å². The van der Waals surface area contributed by atoms with Gasteiger partial charge in [0.2, 0.25) is 0 Å². The monoisotopic (exact) mass is 346 g/mol. The van der Waals surface area contributed by atoms with Crippen LogP contribution in [0.1, 0.15) is 22.3 Å². The summed E-state index contributed by atoms with van der Waals surface area (Å²) in [5.41, 5.74) is 3.62. The third kappa shape index (κ3) is 3.57. The predicted molar refractivity (Wildman–Crippen MR) is 91.0 cm³/mol. The molecule has 0 saturated heterocycles. The lowest BCUT2D eigenvalue weighted by Crippen LogP contribution is -2.30. The number of carbonyl (C=O) groups excluding carboxylic acids is 1. The quantitative estimate of drug-likeness (QED) is 0.820.